The lowest BCUT2D eigenvalue weighted by Crippen LogP contribution is -2.28. The van der Waals surface area contributed by atoms with E-state index in [-0.39, 0.29) is 25.2 Å². The Balaban J connectivity index is 3.43. The lowest BCUT2D eigenvalue weighted by molar-refractivity contribution is -0.161. The Morgan fingerprint density at radius 3 is 0.938 bits per heavy atom. The van der Waals surface area contributed by atoms with Crippen molar-refractivity contribution in [2.45, 2.75) is 264 Å². The predicted molar refractivity (Wildman–Crippen MR) is 279 cm³/mol. The molecule has 5 nitrogen and oxygen atoms in total. The van der Waals surface area contributed by atoms with Crippen molar-refractivity contribution in [1.82, 2.24) is 0 Å². The highest BCUT2D eigenvalue weighted by Crippen LogP contribution is 2.16. The molecule has 368 valence electrons. The highest BCUT2D eigenvalue weighted by Gasteiger charge is 2.16. The standard InChI is InChI=1S/C59H102O5/c1-3-5-7-9-11-13-15-17-19-20-21-22-23-24-25-26-27-28-29-30-31-32-33-34-35-36-37-38-40-42-44-46-48-50-52-54-59(62)64-57(55-60)56-63-58(61)53-51-49-47-45-43-41-39-18-16-14-12-10-8-6-4-2/h5-8,11-14,17-19,21-22,39,57,60H,3-4,9-10,15-16,20,23-38,40-56H2,1-2H3/b7-5-,8-6-,13-11-,14-12-,19-17-,22-21-,39-18-. The molecular weight excluding hydrogens is 789 g/mol. The van der Waals surface area contributed by atoms with Crippen LogP contribution in [-0.4, -0.2) is 36.4 Å². The SMILES string of the molecule is CC/C=C\C/C=C\C/C=C\C/C=C\CCCCCCCCCCCCCCCCCCCCCCCCC(=O)OC(CO)COC(=O)CCCCCCC/C=C\C/C=C\C/C=C\CC. The molecule has 0 bridgehead atoms. The number of unbranched alkanes of at least 4 members (excludes halogenated alkanes) is 27. The molecule has 0 aromatic carbocycles. The van der Waals surface area contributed by atoms with Crippen molar-refractivity contribution in [2.24, 2.45) is 0 Å². The van der Waals surface area contributed by atoms with Crippen LogP contribution in [0.5, 0.6) is 0 Å². The van der Waals surface area contributed by atoms with E-state index in [0.717, 1.165) is 96.3 Å². The second kappa shape index (κ2) is 54.4. The summed E-state index contributed by atoms with van der Waals surface area (Å²) in [4.78, 5) is 24.4. The molecule has 1 N–H and O–H groups in total. The number of esters is 2. The molecule has 0 rings (SSSR count). The number of allylic oxidation sites excluding steroid dienone is 14. The topological polar surface area (TPSA) is 72.8 Å². The third-order valence-electron chi connectivity index (χ3n) is 11.7. The molecule has 0 aromatic heterocycles. The van der Waals surface area contributed by atoms with E-state index in [4.69, 9.17) is 9.47 Å². The molecule has 64 heavy (non-hydrogen) atoms. The molecule has 0 fully saturated rings. The van der Waals surface area contributed by atoms with Crippen molar-refractivity contribution < 1.29 is 24.2 Å². The van der Waals surface area contributed by atoms with Gasteiger partial charge in [-0.25, -0.2) is 0 Å². The summed E-state index contributed by atoms with van der Waals surface area (Å²) in [5, 5.41) is 9.62. The van der Waals surface area contributed by atoms with Crippen molar-refractivity contribution in [3.05, 3.63) is 85.1 Å². The molecule has 1 atom stereocenters. The largest absolute Gasteiger partial charge is 0.462 e. The lowest BCUT2D eigenvalue weighted by atomic mass is 10.0. The van der Waals surface area contributed by atoms with Gasteiger partial charge in [0.1, 0.15) is 6.61 Å². The molecule has 0 heterocycles. The van der Waals surface area contributed by atoms with E-state index in [9.17, 15) is 14.7 Å². The normalized spacial score (nSPS) is 12.9. The summed E-state index contributed by atoms with van der Waals surface area (Å²) in [5.41, 5.74) is 0. The van der Waals surface area contributed by atoms with Gasteiger partial charge in [-0.1, -0.05) is 247 Å². The summed E-state index contributed by atoms with van der Waals surface area (Å²) in [6.07, 6.45) is 75.7. The fourth-order valence-electron chi connectivity index (χ4n) is 7.68. The van der Waals surface area contributed by atoms with E-state index in [1.807, 2.05) is 0 Å². The average molecular weight is 891 g/mol. The minimum atomic E-state index is -0.781. The van der Waals surface area contributed by atoms with Gasteiger partial charge in [-0.2, -0.15) is 0 Å². The summed E-state index contributed by atoms with van der Waals surface area (Å²) in [5.74, 6) is -0.605. The number of hydrogen-bond acceptors (Lipinski definition) is 5. The highest BCUT2D eigenvalue weighted by atomic mass is 16.6. The Kier molecular flexibility index (Phi) is 51.9. The van der Waals surface area contributed by atoms with Crippen molar-refractivity contribution >= 4 is 11.9 Å². The third-order valence-corrected chi connectivity index (χ3v) is 11.7. The van der Waals surface area contributed by atoms with Crippen LogP contribution in [0, 0.1) is 0 Å². The zero-order valence-corrected chi connectivity index (χ0v) is 42.0. The predicted octanol–water partition coefficient (Wildman–Crippen LogP) is 18.2. The van der Waals surface area contributed by atoms with Crippen LogP contribution in [0.4, 0.5) is 0 Å². The maximum absolute atomic E-state index is 12.3. The van der Waals surface area contributed by atoms with Crippen LogP contribution in [0.25, 0.3) is 0 Å². The van der Waals surface area contributed by atoms with E-state index in [2.05, 4.69) is 98.9 Å². The van der Waals surface area contributed by atoms with Gasteiger partial charge in [0.2, 0.25) is 0 Å². The Labute approximate surface area is 396 Å². The van der Waals surface area contributed by atoms with Crippen molar-refractivity contribution in [2.75, 3.05) is 13.2 Å². The van der Waals surface area contributed by atoms with E-state index in [0.29, 0.717) is 12.8 Å². The monoisotopic (exact) mass is 891 g/mol. The van der Waals surface area contributed by atoms with Crippen LogP contribution in [0.15, 0.2) is 85.1 Å². The van der Waals surface area contributed by atoms with Gasteiger partial charge in [0.05, 0.1) is 6.61 Å². The van der Waals surface area contributed by atoms with Gasteiger partial charge in [0, 0.05) is 12.8 Å². The Hall–Kier alpha value is -2.92. The highest BCUT2D eigenvalue weighted by molar-refractivity contribution is 5.70. The van der Waals surface area contributed by atoms with Crippen LogP contribution in [-0.2, 0) is 19.1 Å². The number of ether oxygens (including phenoxy) is 2. The van der Waals surface area contributed by atoms with Gasteiger partial charge >= 0.3 is 11.9 Å². The molecule has 1 unspecified atom stereocenters. The summed E-state index contributed by atoms with van der Waals surface area (Å²) >= 11 is 0. The zero-order valence-electron chi connectivity index (χ0n) is 42.0. The first-order valence-electron chi connectivity index (χ1n) is 27.1. The average Bonchev–Trinajstić information content (AvgIpc) is 3.30. The molecule has 0 aromatic rings. The minimum Gasteiger partial charge on any atom is -0.462 e. The quantitative estimate of drug-likeness (QED) is 0.0374. The Morgan fingerprint density at radius 1 is 0.359 bits per heavy atom. The third kappa shape index (κ3) is 51.7. The molecule has 0 amide bonds. The summed E-state index contributed by atoms with van der Waals surface area (Å²) in [6, 6.07) is 0. The van der Waals surface area contributed by atoms with Crippen molar-refractivity contribution in [3.8, 4) is 0 Å². The fraction of sp³-hybridized carbons (Fsp3) is 0.729. The summed E-state index contributed by atoms with van der Waals surface area (Å²) in [6.45, 7) is 3.91. The van der Waals surface area contributed by atoms with Crippen LogP contribution in [0.3, 0.4) is 0 Å². The molecular formula is C59H102O5. The first-order chi connectivity index (χ1) is 31.6. The second-order valence-corrected chi connectivity index (χ2v) is 17.9. The van der Waals surface area contributed by atoms with Gasteiger partial charge < -0.3 is 14.6 Å². The first-order valence-corrected chi connectivity index (χ1v) is 27.1. The number of aliphatic hydroxyl groups is 1. The molecule has 5 heteroatoms. The van der Waals surface area contributed by atoms with Gasteiger partial charge in [0.25, 0.3) is 0 Å². The lowest BCUT2D eigenvalue weighted by Gasteiger charge is -2.15. The fourth-order valence-corrected chi connectivity index (χ4v) is 7.68. The second-order valence-electron chi connectivity index (χ2n) is 17.9. The van der Waals surface area contributed by atoms with Crippen molar-refractivity contribution in [1.29, 1.82) is 0 Å². The number of rotatable bonds is 49. The maximum Gasteiger partial charge on any atom is 0.306 e. The zero-order chi connectivity index (χ0) is 46.3. The van der Waals surface area contributed by atoms with Gasteiger partial charge in [-0.05, 0) is 83.5 Å². The van der Waals surface area contributed by atoms with E-state index < -0.39 is 6.10 Å². The van der Waals surface area contributed by atoms with E-state index in [1.54, 1.807) is 0 Å². The molecule has 0 aliphatic carbocycles. The molecule has 0 aliphatic heterocycles. The van der Waals surface area contributed by atoms with Crippen LogP contribution < -0.4 is 0 Å². The van der Waals surface area contributed by atoms with E-state index >= 15 is 0 Å². The molecule has 0 spiro atoms. The minimum absolute atomic E-state index is 0.0753. The summed E-state index contributed by atoms with van der Waals surface area (Å²) in [7, 11) is 0. The molecule has 0 aliphatic rings. The van der Waals surface area contributed by atoms with Crippen molar-refractivity contribution in [3.63, 3.8) is 0 Å². The van der Waals surface area contributed by atoms with Crippen LogP contribution in [0.1, 0.15) is 258 Å². The molecule has 0 saturated heterocycles. The van der Waals surface area contributed by atoms with Gasteiger partial charge in [-0.3, -0.25) is 9.59 Å². The van der Waals surface area contributed by atoms with Crippen LogP contribution >= 0.6 is 0 Å². The smallest absolute Gasteiger partial charge is 0.306 e. The van der Waals surface area contributed by atoms with Crippen LogP contribution in [0.2, 0.25) is 0 Å². The Bertz CT molecular complexity index is 1190. The number of hydrogen-bond donors (Lipinski definition) is 1. The van der Waals surface area contributed by atoms with Gasteiger partial charge in [-0.15, -0.1) is 0 Å². The summed E-state index contributed by atoms with van der Waals surface area (Å²) < 4.78 is 10.7. The number of carbonyl (C=O) groups is 2. The van der Waals surface area contributed by atoms with E-state index in [1.165, 1.54) is 135 Å². The molecule has 0 saturated carbocycles. The molecule has 0 radical (unpaired) electrons. The first kappa shape index (κ1) is 61.1. The number of carbonyl (C=O) groups excluding carboxylic acids is 2. The van der Waals surface area contributed by atoms with Gasteiger partial charge in [0.15, 0.2) is 6.10 Å². The Morgan fingerprint density at radius 2 is 0.625 bits per heavy atom. The maximum atomic E-state index is 12.3. The number of aliphatic hydroxyl groups excluding tert-OH is 1.